The van der Waals surface area contributed by atoms with Crippen molar-refractivity contribution < 1.29 is 0 Å². The number of nitrogens with zero attached hydrogens (tertiary/aromatic N) is 1. The van der Waals surface area contributed by atoms with Gasteiger partial charge in [-0.05, 0) is 36.0 Å². The molecule has 0 radical (unpaired) electrons. The highest BCUT2D eigenvalue weighted by molar-refractivity contribution is 9.10. The summed E-state index contributed by atoms with van der Waals surface area (Å²) in [5, 5.41) is 3.54. The summed E-state index contributed by atoms with van der Waals surface area (Å²) < 4.78 is 1.17. The molecular formula is C17H27BrN2. The molecule has 1 aromatic rings. The number of hydrogen-bond acceptors (Lipinski definition) is 2. The minimum absolute atomic E-state index is 0.520. The zero-order valence-corrected chi connectivity index (χ0v) is 14.7. The molecule has 0 saturated carbocycles. The summed E-state index contributed by atoms with van der Waals surface area (Å²) in [6.45, 7) is 12.4. The van der Waals surface area contributed by atoms with Gasteiger partial charge in [0.2, 0.25) is 0 Å². The van der Waals surface area contributed by atoms with E-state index in [-0.39, 0.29) is 0 Å². The second-order valence-electron chi connectivity index (χ2n) is 6.50. The molecule has 1 aliphatic rings. The molecule has 3 heteroatoms. The molecule has 1 heterocycles. The lowest BCUT2D eigenvalue weighted by Crippen LogP contribution is -2.39. The van der Waals surface area contributed by atoms with Crippen molar-refractivity contribution in [3.63, 3.8) is 0 Å². The number of hydrogen-bond donors (Lipinski definition) is 1. The summed E-state index contributed by atoms with van der Waals surface area (Å²) in [5.41, 5.74) is 2.80. The molecule has 1 fully saturated rings. The van der Waals surface area contributed by atoms with Crippen LogP contribution in [0, 0.1) is 11.8 Å². The minimum Gasteiger partial charge on any atom is -0.371 e. The molecule has 2 rings (SSSR count). The second kappa shape index (κ2) is 6.95. The fourth-order valence-electron chi connectivity index (χ4n) is 2.78. The molecular weight excluding hydrogens is 312 g/mol. The number of piperidine rings is 1. The molecule has 0 spiro atoms. The Hall–Kier alpha value is -0.540. The van der Waals surface area contributed by atoms with Gasteiger partial charge in [0.25, 0.3) is 0 Å². The molecule has 2 atom stereocenters. The van der Waals surface area contributed by atoms with E-state index in [0.29, 0.717) is 6.04 Å². The van der Waals surface area contributed by atoms with Crippen molar-refractivity contribution in [2.45, 2.75) is 46.7 Å². The van der Waals surface area contributed by atoms with Gasteiger partial charge in [0.05, 0.1) is 0 Å². The molecule has 2 unspecified atom stereocenters. The minimum atomic E-state index is 0.520. The second-order valence-corrected chi connectivity index (χ2v) is 7.41. The van der Waals surface area contributed by atoms with Crippen LogP contribution in [-0.2, 0) is 6.54 Å². The lowest BCUT2D eigenvalue weighted by atomic mass is 9.88. The number of rotatable bonds is 4. The van der Waals surface area contributed by atoms with Crippen LogP contribution in [0.15, 0.2) is 22.7 Å². The van der Waals surface area contributed by atoms with Gasteiger partial charge in [-0.2, -0.15) is 0 Å². The monoisotopic (exact) mass is 338 g/mol. The zero-order valence-electron chi connectivity index (χ0n) is 13.1. The van der Waals surface area contributed by atoms with Crippen molar-refractivity contribution in [1.29, 1.82) is 0 Å². The third-order valence-electron chi connectivity index (χ3n) is 4.42. The maximum atomic E-state index is 3.62. The van der Waals surface area contributed by atoms with Crippen LogP contribution in [0.2, 0.25) is 0 Å². The van der Waals surface area contributed by atoms with E-state index in [2.05, 4.69) is 72.0 Å². The normalized spacial score (nSPS) is 23.4. The first-order valence-corrected chi connectivity index (χ1v) is 8.53. The van der Waals surface area contributed by atoms with Gasteiger partial charge >= 0.3 is 0 Å². The van der Waals surface area contributed by atoms with Crippen LogP contribution in [0.1, 0.15) is 39.7 Å². The van der Waals surface area contributed by atoms with E-state index >= 15 is 0 Å². The summed E-state index contributed by atoms with van der Waals surface area (Å²) in [5.74, 6) is 1.62. The van der Waals surface area contributed by atoms with Crippen molar-refractivity contribution >= 4 is 21.6 Å². The Bertz CT molecular complexity index is 445. The highest BCUT2D eigenvalue weighted by Gasteiger charge is 2.24. The van der Waals surface area contributed by atoms with Gasteiger partial charge < -0.3 is 10.2 Å². The third kappa shape index (κ3) is 3.98. The Morgan fingerprint density at radius 3 is 2.70 bits per heavy atom. The summed E-state index contributed by atoms with van der Waals surface area (Å²) in [4.78, 5) is 2.56. The van der Waals surface area contributed by atoms with E-state index in [0.717, 1.165) is 18.4 Å². The Morgan fingerprint density at radius 1 is 1.30 bits per heavy atom. The molecule has 1 saturated heterocycles. The van der Waals surface area contributed by atoms with E-state index in [4.69, 9.17) is 0 Å². The Kier molecular flexibility index (Phi) is 5.50. The fourth-order valence-corrected chi connectivity index (χ4v) is 3.13. The van der Waals surface area contributed by atoms with E-state index in [1.165, 1.54) is 35.2 Å². The van der Waals surface area contributed by atoms with Crippen molar-refractivity contribution in [3.05, 3.63) is 28.2 Å². The first-order chi connectivity index (χ1) is 9.47. The molecule has 2 nitrogen and oxygen atoms in total. The van der Waals surface area contributed by atoms with Crippen LogP contribution in [-0.4, -0.2) is 19.1 Å². The Morgan fingerprint density at radius 2 is 2.05 bits per heavy atom. The average Bonchev–Trinajstić information content (AvgIpc) is 2.40. The smallest absolute Gasteiger partial charge is 0.0423 e. The molecule has 0 aliphatic carbocycles. The van der Waals surface area contributed by atoms with Crippen molar-refractivity contribution in [1.82, 2.24) is 5.32 Å². The van der Waals surface area contributed by atoms with E-state index in [9.17, 15) is 0 Å². The van der Waals surface area contributed by atoms with E-state index < -0.39 is 0 Å². The van der Waals surface area contributed by atoms with Gasteiger partial charge in [0.1, 0.15) is 0 Å². The Balaban J connectivity index is 2.18. The maximum absolute atomic E-state index is 3.62. The van der Waals surface area contributed by atoms with Crippen LogP contribution < -0.4 is 10.2 Å². The van der Waals surface area contributed by atoms with Gasteiger partial charge in [0, 0.05) is 35.8 Å². The van der Waals surface area contributed by atoms with Gasteiger partial charge in [0.15, 0.2) is 0 Å². The van der Waals surface area contributed by atoms with Gasteiger partial charge in [-0.3, -0.25) is 0 Å². The summed E-state index contributed by atoms with van der Waals surface area (Å²) >= 11 is 3.62. The predicted molar refractivity (Wildman–Crippen MR) is 91.3 cm³/mol. The lowest BCUT2D eigenvalue weighted by Gasteiger charge is -2.38. The lowest BCUT2D eigenvalue weighted by molar-refractivity contribution is 0.323. The van der Waals surface area contributed by atoms with Gasteiger partial charge in [-0.25, -0.2) is 0 Å². The fraction of sp³-hybridized carbons (Fsp3) is 0.647. The molecule has 20 heavy (non-hydrogen) atoms. The van der Waals surface area contributed by atoms with Crippen molar-refractivity contribution in [2.75, 3.05) is 18.0 Å². The molecule has 0 amide bonds. The highest BCUT2D eigenvalue weighted by Crippen LogP contribution is 2.31. The molecule has 0 bridgehead atoms. The quantitative estimate of drug-likeness (QED) is 0.873. The maximum Gasteiger partial charge on any atom is 0.0423 e. The topological polar surface area (TPSA) is 15.3 Å². The molecule has 1 N–H and O–H groups in total. The first kappa shape index (κ1) is 15.8. The summed E-state index contributed by atoms with van der Waals surface area (Å²) in [6, 6.07) is 7.20. The number of nitrogens with one attached hydrogen (secondary N) is 1. The van der Waals surface area contributed by atoms with Crippen LogP contribution >= 0.6 is 15.9 Å². The van der Waals surface area contributed by atoms with Gasteiger partial charge in [-0.1, -0.05) is 49.7 Å². The average molecular weight is 339 g/mol. The number of anilines is 1. The SMILES string of the molecule is CC(C)NCc1ccc(Br)cc1N1CCC(C)C(C)C1. The van der Waals surface area contributed by atoms with Gasteiger partial charge in [-0.15, -0.1) is 0 Å². The van der Waals surface area contributed by atoms with Crippen LogP contribution in [0.4, 0.5) is 5.69 Å². The van der Waals surface area contributed by atoms with Crippen molar-refractivity contribution in [3.8, 4) is 0 Å². The predicted octanol–water partition coefficient (Wildman–Crippen LogP) is 4.43. The van der Waals surface area contributed by atoms with Crippen LogP contribution in [0.3, 0.4) is 0 Å². The molecule has 0 aromatic heterocycles. The van der Waals surface area contributed by atoms with E-state index in [1.54, 1.807) is 0 Å². The number of halogens is 1. The van der Waals surface area contributed by atoms with Crippen LogP contribution in [0.25, 0.3) is 0 Å². The highest BCUT2D eigenvalue weighted by atomic mass is 79.9. The Labute approximate surface area is 132 Å². The largest absolute Gasteiger partial charge is 0.371 e. The third-order valence-corrected chi connectivity index (χ3v) is 4.92. The molecule has 112 valence electrons. The summed E-state index contributed by atoms with van der Waals surface area (Å²) in [6.07, 6.45) is 1.30. The number of benzene rings is 1. The zero-order chi connectivity index (χ0) is 14.7. The molecule has 1 aliphatic heterocycles. The first-order valence-electron chi connectivity index (χ1n) is 7.74. The van der Waals surface area contributed by atoms with Crippen molar-refractivity contribution in [2.24, 2.45) is 11.8 Å². The van der Waals surface area contributed by atoms with Crippen LogP contribution in [0.5, 0.6) is 0 Å². The molecule has 1 aromatic carbocycles. The standard InChI is InChI=1S/C17H27BrN2/c1-12(2)19-10-15-5-6-16(18)9-17(15)20-8-7-13(3)14(4)11-20/h5-6,9,12-14,19H,7-8,10-11H2,1-4H3. The summed E-state index contributed by atoms with van der Waals surface area (Å²) in [7, 11) is 0. The van der Waals surface area contributed by atoms with E-state index in [1.807, 2.05) is 0 Å².